The zero-order valence-corrected chi connectivity index (χ0v) is 17.7. The fourth-order valence-electron chi connectivity index (χ4n) is 4.09. The van der Waals surface area contributed by atoms with Gasteiger partial charge in [0, 0.05) is 19.0 Å². The first-order valence-electron chi connectivity index (χ1n) is 10.6. The van der Waals surface area contributed by atoms with Crippen LogP contribution in [0.4, 0.5) is 4.79 Å². The second kappa shape index (κ2) is 8.54. The van der Waals surface area contributed by atoms with Gasteiger partial charge in [-0.05, 0) is 82.9 Å². The zero-order chi connectivity index (χ0) is 20.3. The molecule has 1 heterocycles. The molecule has 0 unspecified atom stereocenters. The summed E-state index contributed by atoms with van der Waals surface area (Å²) in [7, 11) is 0. The zero-order valence-electron chi connectivity index (χ0n) is 17.7. The van der Waals surface area contributed by atoms with Gasteiger partial charge in [0.15, 0.2) is 0 Å². The average molecular weight is 387 g/mol. The highest BCUT2D eigenvalue weighted by atomic mass is 16.6. The highest BCUT2D eigenvalue weighted by molar-refractivity contribution is 5.79. The van der Waals surface area contributed by atoms with Gasteiger partial charge in [0.2, 0.25) is 5.91 Å². The number of nitrogens with one attached hydrogen (secondary N) is 1. The summed E-state index contributed by atoms with van der Waals surface area (Å²) < 4.78 is 5.43. The second-order valence-corrected chi connectivity index (χ2v) is 9.21. The van der Waals surface area contributed by atoms with E-state index >= 15 is 0 Å². The molecule has 154 valence electrons. The van der Waals surface area contributed by atoms with E-state index in [2.05, 4.69) is 30.4 Å². The molecule has 28 heavy (non-hydrogen) atoms. The summed E-state index contributed by atoms with van der Waals surface area (Å²) in [6, 6.07) is 6.65. The lowest BCUT2D eigenvalue weighted by Gasteiger charge is -2.33. The van der Waals surface area contributed by atoms with E-state index in [-0.39, 0.29) is 24.0 Å². The van der Waals surface area contributed by atoms with Gasteiger partial charge in [0.1, 0.15) is 5.60 Å². The number of hydrogen-bond donors (Lipinski definition) is 1. The van der Waals surface area contributed by atoms with E-state index in [1.54, 1.807) is 4.90 Å². The van der Waals surface area contributed by atoms with Crippen molar-refractivity contribution in [2.45, 2.75) is 77.9 Å². The van der Waals surface area contributed by atoms with Gasteiger partial charge in [0.05, 0.1) is 6.04 Å². The maximum absolute atomic E-state index is 12.7. The van der Waals surface area contributed by atoms with Crippen LogP contribution >= 0.6 is 0 Å². The molecular weight excluding hydrogens is 352 g/mol. The SMILES string of the molecule is C[C@@H](NC(=O)C1CCN(C(=O)OC(C)(C)C)CC1)c1ccc2c(c1)CCCC2. The summed E-state index contributed by atoms with van der Waals surface area (Å²) in [6.45, 7) is 8.80. The van der Waals surface area contributed by atoms with Crippen LogP contribution in [0.15, 0.2) is 18.2 Å². The maximum atomic E-state index is 12.7. The fourth-order valence-corrected chi connectivity index (χ4v) is 4.09. The Morgan fingerprint density at radius 2 is 1.75 bits per heavy atom. The van der Waals surface area contributed by atoms with E-state index < -0.39 is 5.60 Å². The van der Waals surface area contributed by atoms with Crippen molar-refractivity contribution in [3.8, 4) is 0 Å². The van der Waals surface area contributed by atoms with Gasteiger partial charge in [-0.2, -0.15) is 0 Å². The number of likely N-dealkylation sites (tertiary alicyclic amines) is 1. The van der Waals surface area contributed by atoms with E-state index in [0.29, 0.717) is 25.9 Å². The molecule has 1 aromatic carbocycles. The van der Waals surface area contributed by atoms with Gasteiger partial charge in [-0.1, -0.05) is 18.2 Å². The summed E-state index contributed by atoms with van der Waals surface area (Å²) in [6.07, 6.45) is 5.94. The number of rotatable bonds is 3. The standard InChI is InChI=1S/C23H34N2O3/c1-16(19-10-9-17-7-5-6-8-20(17)15-19)24-21(26)18-11-13-25(14-12-18)22(27)28-23(2,3)4/h9-10,15-16,18H,5-8,11-14H2,1-4H3,(H,24,26)/t16-/m1/s1. The number of nitrogens with zero attached hydrogens (tertiary/aromatic N) is 1. The molecule has 3 rings (SSSR count). The summed E-state index contributed by atoms with van der Waals surface area (Å²) in [4.78, 5) is 26.6. The summed E-state index contributed by atoms with van der Waals surface area (Å²) in [5.74, 6) is 0.0489. The largest absolute Gasteiger partial charge is 0.444 e. The number of amides is 2. The van der Waals surface area contributed by atoms with Crippen LogP contribution in [0.3, 0.4) is 0 Å². The minimum absolute atomic E-state index is 0.00334. The van der Waals surface area contributed by atoms with Crippen molar-refractivity contribution < 1.29 is 14.3 Å². The Kier molecular flexibility index (Phi) is 6.31. The van der Waals surface area contributed by atoms with Crippen molar-refractivity contribution in [2.24, 2.45) is 5.92 Å². The number of hydrogen-bond acceptors (Lipinski definition) is 3. The molecule has 0 spiro atoms. The number of ether oxygens (including phenoxy) is 1. The van der Waals surface area contributed by atoms with Crippen LogP contribution < -0.4 is 5.32 Å². The summed E-state index contributed by atoms with van der Waals surface area (Å²) in [5, 5.41) is 3.18. The van der Waals surface area contributed by atoms with Crippen LogP contribution in [-0.2, 0) is 22.4 Å². The van der Waals surface area contributed by atoms with Crippen molar-refractivity contribution >= 4 is 12.0 Å². The van der Waals surface area contributed by atoms with Crippen LogP contribution in [0.25, 0.3) is 0 Å². The Bertz CT molecular complexity index is 715. The molecule has 0 aromatic heterocycles. The summed E-state index contributed by atoms with van der Waals surface area (Å²) in [5.41, 5.74) is 3.59. The number of carbonyl (C=O) groups excluding carboxylic acids is 2. The smallest absolute Gasteiger partial charge is 0.410 e. The Morgan fingerprint density at radius 1 is 1.11 bits per heavy atom. The minimum atomic E-state index is -0.490. The predicted molar refractivity (Wildman–Crippen MR) is 110 cm³/mol. The fraction of sp³-hybridized carbons (Fsp3) is 0.652. The van der Waals surface area contributed by atoms with Gasteiger partial charge in [-0.15, -0.1) is 0 Å². The first-order valence-corrected chi connectivity index (χ1v) is 10.6. The van der Waals surface area contributed by atoms with Crippen molar-refractivity contribution in [3.63, 3.8) is 0 Å². The number of carbonyl (C=O) groups is 2. The third kappa shape index (κ3) is 5.27. The Morgan fingerprint density at radius 3 is 2.39 bits per heavy atom. The molecule has 0 saturated carbocycles. The highest BCUT2D eigenvalue weighted by Crippen LogP contribution is 2.26. The third-order valence-corrected chi connectivity index (χ3v) is 5.75. The first kappa shape index (κ1) is 20.7. The average Bonchev–Trinajstić information content (AvgIpc) is 2.66. The van der Waals surface area contributed by atoms with Crippen LogP contribution in [0.1, 0.15) is 76.1 Å². The van der Waals surface area contributed by atoms with Crippen molar-refractivity contribution in [1.82, 2.24) is 10.2 Å². The van der Waals surface area contributed by atoms with Crippen LogP contribution in [0.5, 0.6) is 0 Å². The van der Waals surface area contributed by atoms with Gasteiger partial charge in [-0.3, -0.25) is 4.79 Å². The van der Waals surface area contributed by atoms with Crippen molar-refractivity contribution in [2.75, 3.05) is 13.1 Å². The molecule has 1 fully saturated rings. The third-order valence-electron chi connectivity index (χ3n) is 5.75. The highest BCUT2D eigenvalue weighted by Gasteiger charge is 2.30. The van der Waals surface area contributed by atoms with Crippen LogP contribution in [0.2, 0.25) is 0 Å². The lowest BCUT2D eigenvalue weighted by Crippen LogP contribution is -2.45. The van der Waals surface area contributed by atoms with E-state index in [1.165, 1.54) is 36.0 Å². The number of fused-ring (bicyclic) bond motifs is 1. The number of benzene rings is 1. The van der Waals surface area contributed by atoms with E-state index in [4.69, 9.17) is 4.74 Å². The minimum Gasteiger partial charge on any atom is -0.444 e. The molecule has 0 bridgehead atoms. The maximum Gasteiger partial charge on any atom is 0.410 e. The molecule has 1 N–H and O–H groups in total. The lowest BCUT2D eigenvalue weighted by atomic mass is 9.89. The van der Waals surface area contributed by atoms with E-state index in [1.807, 2.05) is 20.8 Å². The van der Waals surface area contributed by atoms with Gasteiger partial charge < -0.3 is 15.0 Å². The predicted octanol–water partition coefficient (Wildman–Crippen LogP) is 4.39. The topological polar surface area (TPSA) is 58.6 Å². The van der Waals surface area contributed by atoms with Gasteiger partial charge >= 0.3 is 6.09 Å². The second-order valence-electron chi connectivity index (χ2n) is 9.21. The lowest BCUT2D eigenvalue weighted by molar-refractivity contribution is -0.127. The molecule has 1 aliphatic heterocycles. The Hall–Kier alpha value is -2.04. The van der Waals surface area contributed by atoms with Crippen LogP contribution in [0, 0.1) is 5.92 Å². The Labute approximate surface area is 168 Å². The molecule has 1 aromatic rings. The Balaban J connectivity index is 1.51. The molecule has 2 amide bonds. The number of piperidine rings is 1. The van der Waals surface area contributed by atoms with Crippen LogP contribution in [-0.4, -0.2) is 35.6 Å². The van der Waals surface area contributed by atoms with Gasteiger partial charge in [-0.25, -0.2) is 4.79 Å². The normalized spacial score (nSPS) is 18.9. The van der Waals surface area contributed by atoms with E-state index in [9.17, 15) is 9.59 Å². The first-order chi connectivity index (χ1) is 13.2. The number of aryl methyl sites for hydroxylation is 2. The monoisotopic (exact) mass is 386 g/mol. The quantitative estimate of drug-likeness (QED) is 0.838. The van der Waals surface area contributed by atoms with Crippen molar-refractivity contribution in [3.05, 3.63) is 34.9 Å². The molecule has 1 aliphatic carbocycles. The molecule has 5 nitrogen and oxygen atoms in total. The van der Waals surface area contributed by atoms with Crippen molar-refractivity contribution in [1.29, 1.82) is 0 Å². The van der Waals surface area contributed by atoms with E-state index in [0.717, 1.165) is 6.42 Å². The molecule has 1 atom stereocenters. The molecule has 1 saturated heterocycles. The van der Waals surface area contributed by atoms with Gasteiger partial charge in [0.25, 0.3) is 0 Å². The molecule has 0 radical (unpaired) electrons. The molecular formula is C23H34N2O3. The summed E-state index contributed by atoms with van der Waals surface area (Å²) >= 11 is 0. The molecule has 2 aliphatic rings. The molecule has 5 heteroatoms.